The Balaban J connectivity index is 1.61. The van der Waals surface area contributed by atoms with Crippen molar-refractivity contribution in [2.75, 3.05) is 44.8 Å². The highest BCUT2D eigenvalue weighted by Gasteiger charge is 2.40. The monoisotopic (exact) mass is 617 g/mol. The van der Waals surface area contributed by atoms with Gasteiger partial charge in [-0.25, -0.2) is 9.78 Å². The molecule has 2 aromatic rings. The third kappa shape index (κ3) is 9.12. The molecular weight excluding hydrogens is 567 g/mol. The van der Waals surface area contributed by atoms with Crippen LogP contribution < -0.4 is 4.90 Å². The molecule has 0 aliphatic carbocycles. The number of aromatic nitrogens is 3. The van der Waals surface area contributed by atoms with E-state index >= 15 is 0 Å². The minimum Gasteiger partial charge on any atom is -0.444 e. The minimum absolute atomic E-state index is 0.115. The molecule has 0 N–H and O–H groups in total. The summed E-state index contributed by atoms with van der Waals surface area (Å²) in [7, 11) is -2.43. The van der Waals surface area contributed by atoms with E-state index in [1.807, 2.05) is 36.3 Å². The van der Waals surface area contributed by atoms with Crippen molar-refractivity contribution in [2.45, 2.75) is 96.2 Å². The van der Waals surface area contributed by atoms with Gasteiger partial charge in [0.1, 0.15) is 24.9 Å². The topological polar surface area (TPSA) is 90.7 Å². The van der Waals surface area contributed by atoms with Gasteiger partial charge in [0.05, 0.1) is 37.2 Å². The molecule has 234 valence electrons. The number of hydrogen-bond donors (Lipinski definition) is 0. The number of amides is 1. The highest BCUT2D eigenvalue weighted by molar-refractivity contribution is 6.76. The van der Waals surface area contributed by atoms with E-state index in [4.69, 9.17) is 23.9 Å². The fourth-order valence-corrected chi connectivity index (χ4v) is 6.46. The van der Waals surface area contributed by atoms with Crippen molar-refractivity contribution in [3.05, 3.63) is 30.1 Å². The average Bonchev–Trinajstić information content (AvgIpc) is 3.33. The summed E-state index contributed by atoms with van der Waals surface area (Å²) in [5.41, 5.74) is 2.16. The van der Waals surface area contributed by atoms with Crippen LogP contribution in [0.3, 0.4) is 0 Å². The first-order chi connectivity index (χ1) is 19.6. The normalized spacial score (nSPS) is 19.6. The lowest BCUT2D eigenvalue weighted by Crippen LogP contribution is -2.57. The molecule has 0 saturated carbocycles. The number of rotatable bonds is 12. The number of carbonyl (C=O) groups is 1. The van der Waals surface area contributed by atoms with Gasteiger partial charge < -0.3 is 23.8 Å². The second-order valence-corrected chi connectivity index (χ2v) is 26.1. The van der Waals surface area contributed by atoms with Crippen LogP contribution in [0.25, 0.3) is 11.2 Å². The minimum atomic E-state index is -1.22. The standard InChI is InChI=1S/C30H51N5O5Si2/c1-30(2,3)40-29(36)34-24-16-23(17-25(34)20-39-19-24)26-18-28(35-27(32-26)10-11-31-35)33(21-37-12-14-41(4,5)6)22-38-13-15-42(7,8)9/h10-11,16,18,24-25H,12-15,17,19-22H2,1-9H3. The maximum Gasteiger partial charge on any atom is 0.411 e. The first-order valence-electron chi connectivity index (χ1n) is 15.1. The summed E-state index contributed by atoms with van der Waals surface area (Å²) in [6, 6.07) is 5.87. The lowest BCUT2D eigenvalue weighted by Gasteiger charge is -2.44. The molecule has 10 nitrogen and oxygen atoms in total. The zero-order valence-electron chi connectivity index (χ0n) is 27.1. The third-order valence-corrected chi connectivity index (χ3v) is 10.7. The number of fused-ring (bicyclic) bond motifs is 3. The fourth-order valence-electron chi connectivity index (χ4n) is 4.95. The van der Waals surface area contributed by atoms with Crippen LogP contribution in [0.2, 0.25) is 51.4 Å². The van der Waals surface area contributed by atoms with E-state index in [0.29, 0.717) is 33.1 Å². The molecule has 4 heterocycles. The van der Waals surface area contributed by atoms with E-state index in [1.165, 1.54) is 0 Å². The maximum absolute atomic E-state index is 13.1. The van der Waals surface area contributed by atoms with Crippen LogP contribution in [0.5, 0.6) is 0 Å². The molecule has 1 saturated heterocycles. The van der Waals surface area contributed by atoms with Crippen molar-refractivity contribution >= 4 is 39.3 Å². The first-order valence-corrected chi connectivity index (χ1v) is 22.6. The van der Waals surface area contributed by atoms with Crippen molar-refractivity contribution in [1.29, 1.82) is 0 Å². The summed E-state index contributed by atoms with van der Waals surface area (Å²) in [4.78, 5) is 22.0. The van der Waals surface area contributed by atoms with Gasteiger partial charge >= 0.3 is 6.09 Å². The largest absolute Gasteiger partial charge is 0.444 e. The summed E-state index contributed by atoms with van der Waals surface area (Å²) in [5.74, 6) is 0.873. The molecule has 0 radical (unpaired) electrons. The summed E-state index contributed by atoms with van der Waals surface area (Å²) >= 11 is 0. The van der Waals surface area contributed by atoms with Crippen molar-refractivity contribution in [2.24, 2.45) is 0 Å². The zero-order valence-corrected chi connectivity index (χ0v) is 29.1. The van der Waals surface area contributed by atoms with Crippen molar-refractivity contribution in [3.63, 3.8) is 0 Å². The van der Waals surface area contributed by atoms with Gasteiger partial charge in [-0.2, -0.15) is 9.61 Å². The van der Waals surface area contributed by atoms with Crippen LogP contribution in [0, 0.1) is 0 Å². The number of anilines is 1. The molecule has 12 heteroatoms. The van der Waals surface area contributed by atoms with Gasteiger partial charge in [0.15, 0.2) is 5.65 Å². The van der Waals surface area contributed by atoms with Crippen LogP contribution in [0.1, 0.15) is 32.9 Å². The Morgan fingerprint density at radius 2 is 1.69 bits per heavy atom. The molecule has 2 atom stereocenters. The summed E-state index contributed by atoms with van der Waals surface area (Å²) in [5, 5.41) is 4.59. The molecule has 2 aliphatic heterocycles. The summed E-state index contributed by atoms with van der Waals surface area (Å²) in [6.45, 7) is 23.0. The third-order valence-electron chi connectivity index (χ3n) is 7.28. The predicted molar refractivity (Wildman–Crippen MR) is 172 cm³/mol. The maximum atomic E-state index is 13.1. The lowest BCUT2D eigenvalue weighted by molar-refractivity contribution is -0.0511. The molecule has 1 fully saturated rings. The van der Waals surface area contributed by atoms with Gasteiger partial charge in [0, 0.05) is 41.5 Å². The van der Waals surface area contributed by atoms with Crippen LogP contribution in [0.4, 0.5) is 10.6 Å². The van der Waals surface area contributed by atoms with Crippen LogP contribution in [-0.2, 0) is 18.9 Å². The van der Waals surface area contributed by atoms with Gasteiger partial charge in [0.2, 0.25) is 0 Å². The zero-order chi connectivity index (χ0) is 30.7. The Hall–Kier alpha value is -2.26. The lowest BCUT2D eigenvalue weighted by atomic mass is 9.92. The van der Waals surface area contributed by atoms with Gasteiger partial charge in [-0.3, -0.25) is 4.90 Å². The van der Waals surface area contributed by atoms with E-state index in [0.717, 1.165) is 48.0 Å². The molecule has 2 aliphatic rings. The highest BCUT2D eigenvalue weighted by atomic mass is 28.3. The number of carbonyl (C=O) groups excluding carboxylic acids is 1. The molecule has 1 amide bonds. The van der Waals surface area contributed by atoms with Crippen LogP contribution in [-0.4, -0.2) is 99.3 Å². The second-order valence-electron chi connectivity index (χ2n) is 14.9. The van der Waals surface area contributed by atoms with Gasteiger partial charge in [0.25, 0.3) is 0 Å². The van der Waals surface area contributed by atoms with Crippen LogP contribution in [0.15, 0.2) is 24.4 Å². The van der Waals surface area contributed by atoms with Gasteiger partial charge in [-0.05, 0) is 44.9 Å². The molecule has 4 rings (SSSR count). The van der Waals surface area contributed by atoms with Crippen LogP contribution >= 0.6 is 0 Å². The fraction of sp³-hybridized carbons (Fsp3) is 0.700. The Kier molecular flexibility index (Phi) is 10.2. The van der Waals surface area contributed by atoms with Gasteiger partial charge in [-0.15, -0.1) is 0 Å². The predicted octanol–water partition coefficient (Wildman–Crippen LogP) is 5.95. The van der Waals surface area contributed by atoms with E-state index < -0.39 is 21.7 Å². The highest BCUT2D eigenvalue weighted by Crippen LogP contribution is 2.34. The number of morpholine rings is 1. The molecule has 0 aromatic carbocycles. The van der Waals surface area contributed by atoms with Crippen molar-refractivity contribution < 1.29 is 23.7 Å². The first kappa shape index (κ1) is 32.7. The van der Waals surface area contributed by atoms with Crippen molar-refractivity contribution in [3.8, 4) is 0 Å². The second kappa shape index (κ2) is 13.2. The molecule has 2 aromatic heterocycles. The number of ether oxygens (including phenoxy) is 4. The van der Waals surface area contributed by atoms with Crippen molar-refractivity contribution in [1.82, 2.24) is 19.5 Å². The SMILES string of the molecule is CC(C)(C)OC(=O)N1C2C=C(c3cc(N(COCC[Si](C)(C)C)COCC[Si](C)(C)C)n4nccc4n3)CC1COC2. The summed E-state index contributed by atoms with van der Waals surface area (Å²) < 4.78 is 25.9. The van der Waals surface area contributed by atoms with E-state index in [2.05, 4.69) is 61.4 Å². The molecular formula is C30H51N5O5Si2. The van der Waals surface area contributed by atoms with E-state index in [9.17, 15) is 4.79 Å². The van der Waals surface area contributed by atoms with Gasteiger partial charge in [-0.1, -0.05) is 45.4 Å². The molecule has 42 heavy (non-hydrogen) atoms. The number of nitrogens with zero attached hydrogens (tertiary/aromatic N) is 5. The number of hydrogen-bond acceptors (Lipinski definition) is 8. The Morgan fingerprint density at radius 1 is 1.05 bits per heavy atom. The molecule has 2 unspecified atom stereocenters. The van der Waals surface area contributed by atoms with E-state index in [1.54, 1.807) is 6.20 Å². The summed E-state index contributed by atoms with van der Waals surface area (Å²) in [6.07, 6.45) is 4.21. The Morgan fingerprint density at radius 3 is 2.26 bits per heavy atom. The molecule has 2 bridgehead atoms. The smallest absolute Gasteiger partial charge is 0.411 e. The average molecular weight is 618 g/mol. The quantitative estimate of drug-likeness (QED) is 0.164. The Labute approximate surface area is 253 Å². The molecule has 0 spiro atoms. The van der Waals surface area contributed by atoms with E-state index in [-0.39, 0.29) is 18.2 Å². The Bertz CT molecular complexity index is 1230.